The molecule has 2 aromatic carbocycles. The summed E-state index contributed by atoms with van der Waals surface area (Å²) in [5.74, 6) is 2.44. The van der Waals surface area contributed by atoms with Crippen LogP contribution in [-0.4, -0.2) is 37.6 Å². The maximum Gasteiger partial charge on any atom is 0.134 e. The Balaban J connectivity index is 0.00000210. The van der Waals surface area contributed by atoms with Crippen LogP contribution in [0.3, 0.4) is 0 Å². The van der Waals surface area contributed by atoms with Crippen molar-refractivity contribution in [2.24, 2.45) is 0 Å². The molecule has 1 fully saturated rings. The molecule has 1 aliphatic heterocycles. The Morgan fingerprint density at radius 3 is 2.11 bits per heavy atom. The summed E-state index contributed by atoms with van der Waals surface area (Å²) in [5, 5.41) is 0. The van der Waals surface area contributed by atoms with Gasteiger partial charge in [0.25, 0.3) is 0 Å². The number of halogens is 1. The molecule has 1 unspecified atom stereocenters. The summed E-state index contributed by atoms with van der Waals surface area (Å²) in [7, 11) is 0. The second-order valence-corrected chi connectivity index (χ2v) is 7.09. The third kappa shape index (κ3) is 4.74. The van der Waals surface area contributed by atoms with Gasteiger partial charge in [-0.15, -0.1) is 12.4 Å². The molecule has 4 heteroatoms. The first-order valence-electron chi connectivity index (χ1n) is 9.47. The number of piperazine rings is 1. The number of anilines is 1. The molecular weight excluding hydrogens is 356 g/mol. The minimum Gasteiger partial charge on any atom is -0.461 e. The molecule has 0 N–H and O–H groups in total. The summed E-state index contributed by atoms with van der Waals surface area (Å²) in [4.78, 5) is 5.02. The molecule has 27 heavy (non-hydrogen) atoms. The summed E-state index contributed by atoms with van der Waals surface area (Å²) in [6, 6.07) is 25.3. The minimum atomic E-state index is 0. The van der Waals surface area contributed by atoms with Crippen LogP contribution in [0.1, 0.15) is 18.6 Å². The number of nitrogens with zero attached hydrogens (tertiary/aromatic N) is 2. The van der Waals surface area contributed by atoms with Gasteiger partial charge in [0.15, 0.2) is 0 Å². The quantitative estimate of drug-likeness (QED) is 0.597. The Kier molecular flexibility index (Phi) is 6.59. The monoisotopic (exact) mass is 382 g/mol. The van der Waals surface area contributed by atoms with Crippen molar-refractivity contribution in [2.45, 2.75) is 12.8 Å². The largest absolute Gasteiger partial charge is 0.461 e. The van der Waals surface area contributed by atoms with Gasteiger partial charge in [-0.3, -0.25) is 4.90 Å². The zero-order valence-corrected chi connectivity index (χ0v) is 16.6. The van der Waals surface area contributed by atoms with E-state index in [-0.39, 0.29) is 12.4 Å². The van der Waals surface area contributed by atoms with E-state index in [0.29, 0.717) is 5.92 Å². The van der Waals surface area contributed by atoms with Gasteiger partial charge in [0.2, 0.25) is 0 Å². The Morgan fingerprint density at radius 1 is 0.815 bits per heavy atom. The van der Waals surface area contributed by atoms with Gasteiger partial charge < -0.3 is 9.32 Å². The van der Waals surface area contributed by atoms with Crippen molar-refractivity contribution >= 4 is 18.1 Å². The lowest BCUT2D eigenvalue weighted by molar-refractivity contribution is 0.238. The van der Waals surface area contributed by atoms with Gasteiger partial charge in [-0.05, 0) is 24.3 Å². The molecule has 1 aromatic heterocycles. The van der Waals surface area contributed by atoms with Crippen LogP contribution < -0.4 is 4.90 Å². The molecule has 0 spiro atoms. The minimum absolute atomic E-state index is 0. The van der Waals surface area contributed by atoms with E-state index in [1.54, 1.807) is 0 Å². The molecule has 1 aliphatic rings. The van der Waals surface area contributed by atoms with Crippen LogP contribution in [0.15, 0.2) is 77.2 Å². The highest BCUT2D eigenvalue weighted by Gasteiger charge is 2.20. The van der Waals surface area contributed by atoms with Crippen LogP contribution in [0.4, 0.5) is 5.69 Å². The van der Waals surface area contributed by atoms with Crippen LogP contribution in [0.2, 0.25) is 0 Å². The molecule has 0 aliphatic carbocycles. The van der Waals surface area contributed by atoms with E-state index >= 15 is 0 Å². The van der Waals surface area contributed by atoms with E-state index in [4.69, 9.17) is 4.42 Å². The number of para-hydroxylation sites is 1. The Morgan fingerprint density at radius 2 is 1.44 bits per heavy atom. The molecule has 1 saturated heterocycles. The lowest BCUT2D eigenvalue weighted by Crippen LogP contribution is -2.47. The van der Waals surface area contributed by atoms with Crippen molar-refractivity contribution in [1.29, 1.82) is 0 Å². The van der Waals surface area contributed by atoms with Crippen LogP contribution in [0.25, 0.3) is 11.3 Å². The summed E-state index contributed by atoms with van der Waals surface area (Å²) in [6.45, 7) is 7.69. The summed E-state index contributed by atoms with van der Waals surface area (Å²) in [5.41, 5.74) is 2.47. The van der Waals surface area contributed by atoms with Gasteiger partial charge in [-0.2, -0.15) is 0 Å². The number of rotatable bonds is 5. The third-order valence-corrected chi connectivity index (χ3v) is 5.20. The maximum absolute atomic E-state index is 6.13. The highest BCUT2D eigenvalue weighted by atomic mass is 35.5. The summed E-state index contributed by atoms with van der Waals surface area (Å²) >= 11 is 0. The molecule has 0 saturated carbocycles. The highest BCUT2D eigenvalue weighted by molar-refractivity contribution is 5.85. The molecule has 0 bridgehead atoms. The van der Waals surface area contributed by atoms with E-state index in [0.717, 1.165) is 49.8 Å². The van der Waals surface area contributed by atoms with E-state index in [1.165, 1.54) is 5.69 Å². The number of furan rings is 1. The van der Waals surface area contributed by atoms with Crippen molar-refractivity contribution < 1.29 is 4.42 Å². The van der Waals surface area contributed by atoms with Crippen molar-refractivity contribution in [3.63, 3.8) is 0 Å². The van der Waals surface area contributed by atoms with Crippen LogP contribution in [0, 0.1) is 0 Å². The van der Waals surface area contributed by atoms with Crippen LogP contribution in [0.5, 0.6) is 0 Å². The van der Waals surface area contributed by atoms with Crippen molar-refractivity contribution in [2.75, 3.05) is 37.6 Å². The predicted octanol–water partition coefficient (Wildman–Crippen LogP) is 5.29. The molecule has 3 aromatic rings. The fourth-order valence-electron chi connectivity index (χ4n) is 3.68. The first kappa shape index (κ1) is 19.5. The zero-order chi connectivity index (χ0) is 17.8. The number of benzene rings is 2. The lowest BCUT2D eigenvalue weighted by Gasteiger charge is -2.37. The summed E-state index contributed by atoms with van der Waals surface area (Å²) in [6.07, 6.45) is 0. The molecule has 2 heterocycles. The van der Waals surface area contributed by atoms with Crippen molar-refractivity contribution in [3.8, 4) is 11.3 Å². The van der Waals surface area contributed by atoms with E-state index in [2.05, 4.69) is 71.3 Å². The van der Waals surface area contributed by atoms with Crippen molar-refractivity contribution in [3.05, 3.63) is 78.6 Å². The zero-order valence-electron chi connectivity index (χ0n) is 15.8. The Hall–Kier alpha value is -2.23. The first-order valence-corrected chi connectivity index (χ1v) is 9.47. The third-order valence-electron chi connectivity index (χ3n) is 5.20. The second kappa shape index (κ2) is 9.12. The van der Waals surface area contributed by atoms with Crippen molar-refractivity contribution in [1.82, 2.24) is 4.90 Å². The average Bonchev–Trinajstić information content (AvgIpc) is 3.20. The van der Waals surface area contributed by atoms with Crippen LogP contribution >= 0.6 is 12.4 Å². The molecule has 142 valence electrons. The maximum atomic E-state index is 6.13. The molecule has 3 nitrogen and oxygen atoms in total. The van der Waals surface area contributed by atoms with Crippen LogP contribution in [-0.2, 0) is 0 Å². The Bertz CT molecular complexity index is 811. The SMILES string of the molecule is CC(CN1CCN(c2ccccc2)CC1)c1ccc(-c2ccccc2)o1.Cl. The smallest absolute Gasteiger partial charge is 0.134 e. The second-order valence-electron chi connectivity index (χ2n) is 7.09. The van der Waals surface area contributed by atoms with Gasteiger partial charge in [-0.1, -0.05) is 55.5 Å². The molecule has 4 rings (SSSR count). The van der Waals surface area contributed by atoms with Gasteiger partial charge in [0, 0.05) is 49.9 Å². The standard InChI is InChI=1S/C23H26N2O.ClH/c1-19(22-12-13-23(26-22)20-8-4-2-5-9-20)18-24-14-16-25(17-15-24)21-10-6-3-7-11-21;/h2-13,19H,14-18H2,1H3;1H. The number of hydrogen-bond donors (Lipinski definition) is 0. The topological polar surface area (TPSA) is 19.6 Å². The Labute approximate surface area is 168 Å². The van der Waals surface area contributed by atoms with Gasteiger partial charge in [-0.25, -0.2) is 0 Å². The summed E-state index contributed by atoms with van der Waals surface area (Å²) < 4.78 is 6.13. The fraction of sp³-hybridized carbons (Fsp3) is 0.304. The first-order chi connectivity index (χ1) is 12.8. The van der Waals surface area contributed by atoms with E-state index < -0.39 is 0 Å². The van der Waals surface area contributed by atoms with Gasteiger partial charge in [0.1, 0.15) is 11.5 Å². The van der Waals surface area contributed by atoms with E-state index in [1.807, 2.05) is 18.2 Å². The van der Waals surface area contributed by atoms with Gasteiger partial charge >= 0.3 is 0 Å². The normalized spacial score (nSPS) is 16.0. The predicted molar refractivity (Wildman–Crippen MR) is 115 cm³/mol. The van der Waals surface area contributed by atoms with E-state index in [9.17, 15) is 0 Å². The lowest BCUT2D eigenvalue weighted by atomic mass is 10.1. The average molecular weight is 383 g/mol. The molecular formula is C23H27ClN2O. The number of hydrogen-bond acceptors (Lipinski definition) is 3. The fourth-order valence-corrected chi connectivity index (χ4v) is 3.68. The molecule has 0 radical (unpaired) electrons. The van der Waals surface area contributed by atoms with Gasteiger partial charge in [0.05, 0.1) is 0 Å². The molecule has 0 amide bonds. The molecule has 1 atom stereocenters. The highest BCUT2D eigenvalue weighted by Crippen LogP contribution is 2.27.